The first-order valence-electron chi connectivity index (χ1n) is 5.51. The number of hydrogen-bond donors (Lipinski definition) is 2. The van der Waals surface area contributed by atoms with Crippen LogP contribution in [0, 0.1) is 12.8 Å². The Hall–Kier alpha value is -1.29. The summed E-state index contributed by atoms with van der Waals surface area (Å²) in [7, 11) is 0. The minimum absolute atomic E-state index is 0.122. The summed E-state index contributed by atoms with van der Waals surface area (Å²) in [6.07, 6.45) is 1.86. The molecule has 1 aromatic heterocycles. The molecule has 0 aliphatic rings. The van der Waals surface area contributed by atoms with Gasteiger partial charge in [0.25, 0.3) is 5.91 Å². The molecule has 4 heteroatoms. The van der Waals surface area contributed by atoms with E-state index in [4.69, 9.17) is 4.42 Å². The van der Waals surface area contributed by atoms with Gasteiger partial charge in [-0.3, -0.25) is 4.79 Å². The van der Waals surface area contributed by atoms with Gasteiger partial charge in [-0.25, -0.2) is 0 Å². The molecule has 0 radical (unpaired) electrons. The van der Waals surface area contributed by atoms with Crippen LogP contribution in [0.15, 0.2) is 16.7 Å². The molecule has 2 atom stereocenters. The molecular weight excluding hydrogens is 206 g/mol. The third kappa shape index (κ3) is 3.70. The predicted octanol–water partition coefficient (Wildman–Crippen LogP) is 1.72. The lowest BCUT2D eigenvalue weighted by Gasteiger charge is -2.13. The highest BCUT2D eigenvalue weighted by Gasteiger charge is 2.12. The topological polar surface area (TPSA) is 62.5 Å². The molecule has 90 valence electrons. The van der Waals surface area contributed by atoms with Crippen LogP contribution in [0.4, 0.5) is 0 Å². The number of aliphatic hydroxyl groups is 1. The Bertz CT molecular complexity index is 344. The molecule has 0 bridgehead atoms. The molecule has 4 nitrogen and oxygen atoms in total. The number of aryl methyl sites for hydroxylation is 1. The van der Waals surface area contributed by atoms with E-state index in [-0.39, 0.29) is 17.9 Å². The van der Waals surface area contributed by atoms with Gasteiger partial charge >= 0.3 is 0 Å². The number of hydrogen-bond acceptors (Lipinski definition) is 3. The number of aliphatic hydroxyl groups excluding tert-OH is 1. The summed E-state index contributed by atoms with van der Waals surface area (Å²) < 4.78 is 5.06. The first kappa shape index (κ1) is 12.8. The van der Waals surface area contributed by atoms with Crippen molar-refractivity contribution in [1.82, 2.24) is 5.32 Å². The van der Waals surface area contributed by atoms with Gasteiger partial charge in [0.1, 0.15) is 5.76 Å². The van der Waals surface area contributed by atoms with Crippen LogP contribution < -0.4 is 5.32 Å². The lowest BCUT2D eigenvalue weighted by atomic mass is 10.0. The Balaban J connectivity index is 2.39. The maximum atomic E-state index is 11.7. The third-order valence-corrected chi connectivity index (χ3v) is 2.46. The van der Waals surface area contributed by atoms with Gasteiger partial charge in [0, 0.05) is 6.54 Å². The van der Waals surface area contributed by atoms with E-state index in [1.54, 1.807) is 19.9 Å². The van der Waals surface area contributed by atoms with E-state index >= 15 is 0 Å². The van der Waals surface area contributed by atoms with Gasteiger partial charge in [0.15, 0.2) is 0 Å². The van der Waals surface area contributed by atoms with Crippen molar-refractivity contribution in [2.24, 2.45) is 5.92 Å². The van der Waals surface area contributed by atoms with E-state index in [1.165, 1.54) is 6.26 Å². The molecule has 0 aliphatic carbocycles. The van der Waals surface area contributed by atoms with Crippen molar-refractivity contribution in [3.8, 4) is 0 Å². The van der Waals surface area contributed by atoms with Crippen LogP contribution in [-0.4, -0.2) is 23.7 Å². The molecule has 1 amide bonds. The fourth-order valence-corrected chi connectivity index (χ4v) is 1.65. The smallest absolute Gasteiger partial charge is 0.254 e. The van der Waals surface area contributed by atoms with Crippen molar-refractivity contribution in [1.29, 1.82) is 0 Å². The zero-order valence-electron chi connectivity index (χ0n) is 9.99. The summed E-state index contributed by atoms with van der Waals surface area (Å²) in [5.74, 6) is 0.764. The number of furan rings is 1. The van der Waals surface area contributed by atoms with Crippen LogP contribution in [0.1, 0.15) is 36.4 Å². The second kappa shape index (κ2) is 5.70. The van der Waals surface area contributed by atoms with Gasteiger partial charge in [0.05, 0.1) is 17.9 Å². The monoisotopic (exact) mass is 225 g/mol. The lowest BCUT2D eigenvalue weighted by molar-refractivity contribution is 0.0938. The number of amides is 1. The van der Waals surface area contributed by atoms with Gasteiger partial charge in [-0.2, -0.15) is 0 Å². The molecular formula is C12H19NO3. The van der Waals surface area contributed by atoms with E-state index in [9.17, 15) is 9.90 Å². The fourth-order valence-electron chi connectivity index (χ4n) is 1.65. The zero-order valence-corrected chi connectivity index (χ0v) is 9.99. The summed E-state index contributed by atoms with van der Waals surface area (Å²) >= 11 is 0. The van der Waals surface area contributed by atoms with E-state index in [0.717, 1.165) is 0 Å². The van der Waals surface area contributed by atoms with Crippen LogP contribution in [-0.2, 0) is 0 Å². The normalized spacial score (nSPS) is 14.5. The maximum absolute atomic E-state index is 11.7. The highest BCUT2D eigenvalue weighted by atomic mass is 16.3. The van der Waals surface area contributed by atoms with E-state index in [0.29, 0.717) is 24.3 Å². The minimum atomic E-state index is -0.331. The highest BCUT2D eigenvalue weighted by molar-refractivity contribution is 5.94. The highest BCUT2D eigenvalue weighted by Crippen LogP contribution is 2.09. The Morgan fingerprint density at radius 2 is 2.25 bits per heavy atom. The second-order valence-corrected chi connectivity index (χ2v) is 4.29. The average Bonchev–Trinajstić information content (AvgIpc) is 2.60. The lowest BCUT2D eigenvalue weighted by Crippen LogP contribution is -2.29. The van der Waals surface area contributed by atoms with E-state index in [2.05, 4.69) is 5.32 Å². The van der Waals surface area contributed by atoms with Crippen LogP contribution >= 0.6 is 0 Å². The van der Waals surface area contributed by atoms with Gasteiger partial charge in [-0.05, 0) is 32.3 Å². The molecule has 1 heterocycles. The Morgan fingerprint density at radius 1 is 1.56 bits per heavy atom. The standard InChI is InChI=1S/C12H19NO3/c1-8(6-9(2)14)7-13-12(15)11-4-5-16-10(11)3/h4-5,8-9,14H,6-7H2,1-3H3,(H,13,15). The van der Waals surface area contributed by atoms with Gasteiger partial charge in [-0.1, -0.05) is 6.92 Å². The minimum Gasteiger partial charge on any atom is -0.469 e. The first-order valence-corrected chi connectivity index (χ1v) is 5.51. The SMILES string of the molecule is Cc1occc1C(=O)NCC(C)CC(C)O. The molecule has 2 N–H and O–H groups in total. The molecule has 0 saturated carbocycles. The summed E-state index contributed by atoms with van der Waals surface area (Å²) in [6.45, 7) is 6.07. The molecule has 1 rings (SSSR count). The van der Waals surface area contributed by atoms with Crippen molar-refractivity contribution < 1.29 is 14.3 Å². The zero-order chi connectivity index (χ0) is 12.1. The Morgan fingerprint density at radius 3 is 2.75 bits per heavy atom. The molecule has 0 aliphatic heterocycles. The number of carbonyl (C=O) groups excluding carboxylic acids is 1. The van der Waals surface area contributed by atoms with Crippen LogP contribution in [0.25, 0.3) is 0 Å². The van der Waals surface area contributed by atoms with E-state index < -0.39 is 0 Å². The molecule has 0 spiro atoms. The van der Waals surface area contributed by atoms with Crippen LogP contribution in [0.3, 0.4) is 0 Å². The largest absolute Gasteiger partial charge is 0.469 e. The van der Waals surface area contributed by atoms with Crippen molar-refractivity contribution in [3.63, 3.8) is 0 Å². The van der Waals surface area contributed by atoms with Crippen molar-refractivity contribution in [3.05, 3.63) is 23.7 Å². The van der Waals surface area contributed by atoms with Crippen LogP contribution in [0.5, 0.6) is 0 Å². The molecule has 0 aromatic carbocycles. The maximum Gasteiger partial charge on any atom is 0.254 e. The predicted molar refractivity (Wildman–Crippen MR) is 61.2 cm³/mol. The summed E-state index contributed by atoms with van der Waals surface area (Å²) in [6, 6.07) is 1.66. The molecule has 16 heavy (non-hydrogen) atoms. The molecule has 2 unspecified atom stereocenters. The van der Waals surface area contributed by atoms with Crippen LogP contribution in [0.2, 0.25) is 0 Å². The number of rotatable bonds is 5. The Kier molecular flexibility index (Phi) is 4.55. The van der Waals surface area contributed by atoms with Gasteiger partial charge < -0.3 is 14.8 Å². The van der Waals surface area contributed by atoms with Crippen molar-refractivity contribution in [2.45, 2.75) is 33.3 Å². The van der Waals surface area contributed by atoms with Gasteiger partial charge in [-0.15, -0.1) is 0 Å². The summed E-state index contributed by atoms with van der Waals surface area (Å²) in [5.41, 5.74) is 0.573. The number of carbonyl (C=O) groups is 1. The average molecular weight is 225 g/mol. The molecule has 0 fully saturated rings. The van der Waals surface area contributed by atoms with Crippen molar-refractivity contribution >= 4 is 5.91 Å². The second-order valence-electron chi connectivity index (χ2n) is 4.29. The fraction of sp³-hybridized carbons (Fsp3) is 0.583. The number of nitrogens with one attached hydrogen (secondary N) is 1. The van der Waals surface area contributed by atoms with Gasteiger partial charge in [0.2, 0.25) is 0 Å². The third-order valence-electron chi connectivity index (χ3n) is 2.46. The summed E-state index contributed by atoms with van der Waals surface area (Å²) in [4.78, 5) is 11.7. The van der Waals surface area contributed by atoms with Crippen molar-refractivity contribution in [2.75, 3.05) is 6.54 Å². The van der Waals surface area contributed by atoms with E-state index in [1.807, 2.05) is 6.92 Å². The first-order chi connectivity index (χ1) is 7.50. The molecule has 0 saturated heterocycles. The summed E-state index contributed by atoms with van der Waals surface area (Å²) in [5, 5.41) is 12.0. The quantitative estimate of drug-likeness (QED) is 0.802. The Labute approximate surface area is 95.7 Å². The molecule has 1 aromatic rings.